The first-order chi connectivity index (χ1) is 12.3. The largest absolute Gasteiger partial charge is 0.392 e. The lowest BCUT2D eigenvalue weighted by Crippen LogP contribution is -3.21. The normalized spacial score (nSPS) is 17.7. The van der Waals surface area contributed by atoms with Gasteiger partial charge in [-0.05, 0) is 11.1 Å². The Kier molecular flexibility index (Phi) is 4.78. The summed E-state index contributed by atoms with van der Waals surface area (Å²) in [4.78, 5) is 7.00. The van der Waals surface area contributed by atoms with Gasteiger partial charge >= 0.3 is 0 Å². The van der Waals surface area contributed by atoms with Crippen molar-refractivity contribution in [3.05, 3.63) is 59.7 Å². The molecule has 0 amide bonds. The smallest absolute Gasteiger partial charge is 0.148 e. The van der Waals surface area contributed by atoms with E-state index in [1.54, 1.807) is 0 Å². The van der Waals surface area contributed by atoms with Gasteiger partial charge in [-0.25, -0.2) is 0 Å². The summed E-state index contributed by atoms with van der Waals surface area (Å²) in [5.41, 5.74) is 5.43. The van der Waals surface area contributed by atoms with Gasteiger partial charge in [0, 0.05) is 11.1 Å². The van der Waals surface area contributed by atoms with Crippen LogP contribution in [-0.2, 0) is 4.84 Å². The number of oxime groups is 1. The predicted molar refractivity (Wildman–Crippen MR) is 96.7 cm³/mol. The zero-order valence-electron chi connectivity index (χ0n) is 14.3. The molecule has 25 heavy (non-hydrogen) atoms. The maximum Gasteiger partial charge on any atom is 0.148 e. The van der Waals surface area contributed by atoms with E-state index in [-0.39, 0.29) is 6.61 Å². The van der Waals surface area contributed by atoms with E-state index in [4.69, 9.17) is 4.84 Å². The second-order valence-corrected chi connectivity index (χ2v) is 6.80. The lowest BCUT2D eigenvalue weighted by Gasteiger charge is -2.23. The van der Waals surface area contributed by atoms with Gasteiger partial charge in [0.25, 0.3) is 0 Å². The Morgan fingerprint density at radius 2 is 1.52 bits per heavy atom. The summed E-state index contributed by atoms with van der Waals surface area (Å²) in [5, 5.41) is 16.9. The highest BCUT2D eigenvalue weighted by Gasteiger charge is 2.25. The third kappa shape index (κ3) is 3.44. The monoisotopic (exact) mass is 339 g/mol. The Morgan fingerprint density at radius 3 is 2.12 bits per heavy atom. The number of nitrogens with two attached hydrogens (primary N) is 1. The molecule has 4 rings (SSSR count). The zero-order valence-corrected chi connectivity index (χ0v) is 14.3. The number of aliphatic hydroxyl groups excluding tert-OH is 1. The summed E-state index contributed by atoms with van der Waals surface area (Å²) in [5.74, 6) is 0. The molecule has 0 radical (unpaired) electrons. The molecule has 1 fully saturated rings. The molecule has 1 heterocycles. The Labute approximate surface area is 147 Å². The molecule has 1 atom stereocenters. The third-order valence-corrected chi connectivity index (χ3v) is 5.01. The molecule has 5 heteroatoms. The summed E-state index contributed by atoms with van der Waals surface area (Å²) >= 11 is 0. The van der Waals surface area contributed by atoms with Crippen LogP contribution in [0.15, 0.2) is 53.7 Å². The Bertz CT molecular complexity index is 722. The van der Waals surface area contributed by atoms with Gasteiger partial charge in [-0.3, -0.25) is 0 Å². The van der Waals surface area contributed by atoms with Crippen LogP contribution < -0.4 is 10.2 Å². The number of hydrogen-bond donors (Lipinski definition) is 3. The van der Waals surface area contributed by atoms with Crippen LogP contribution in [0.5, 0.6) is 0 Å². The van der Waals surface area contributed by atoms with Gasteiger partial charge in [0.2, 0.25) is 0 Å². The first kappa shape index (κ1) is 16.3. The van der Waals surface area contributed by atoms with Crippen molar-refractivity contribution in [3.8, 4) is 11.1 Å². The van der Waals surface area contributed by atoms with E-state index >= 15 is 0 Å². The number of aliphatic hydroxyl groups is 1. The number of benzene rings is 2. The molecule has 4 N–H and O–H groups in total. The second kappa shape index (κ2) is 7.35. The molecule has 2 aromatic carbocycles. The highest BCUT2D eigenvalue weighted by atomic mass is 16.6. The summed E-state index contributed by atoms with van der Waals surface area (Å²) < 4.78 is 0. The van der Waals surface area contributed by atoms with Crippen LogP contribution in [-0.4, -0.2) is 56.3 Å². The molecule has 1 saturated heterocycles. The highest BCUT2D eigenvalue weighted by Crippen LogP contribution is 2.36. The minimum atomic E-state index is -0.482. The molecule has 5 nitrogen and oxygen atoms in total. The van der Waals surface area contributed by atoms with Gasteiger partial charge in [0.05, 0.1) is 0 Å². The fourth-order valence-electron chi connectivity index (χ4n) is 3.76. The maximum absolute atomic E-state index is 10.2. The molecule has 1 aliphatic heterocycles. The summed E-state index contributed by atoms with van der Waals surface area (Å²) in [6.07, 6.45) is -0.482. The van der Waals surface area contributed by atoms with E-state index in [1.165, 1.54) is 16.0 Å². The number of nitrogens with one attached hydrogen (secondary N) is 1. The highest BCUT2D eigenvalue weighted by molar-refractivity contribution is 6.24. The molecular formula is C20H25N3O2+2. The minimum Gasteiger partial charge on any atom is -0.392 e. The number of fused-ring (bicyclic) bond motifs is 3. The van der Waals surface area contributed by atoms with Crippen molar-refractivity contribution < 1.29 is 20.2 Å². The van der Waals surface area contributed by atoms with Crippen LogP contribution in [0, 0.1) is 0 Å². The van der Waals surface area contributed by atoms with Gasteiger partial charge in [0.15, 0.2) is 0 Å². The van der Waals surface area contributed by atoms with Gasteiger partial charge < -0.3 is 20.2 Å². The quantitative estimate of drug-likeness (QED) is 0.536. The summed E-state index contributed by atoms with van der Waals surface area (Å²) in [6, 6.07) is 16.5. The molecule has 2 aromatic rings. The van der Waals surface area contributed by atoms with Crippen molar-refractivity contribution in [3.63, 3.8) is 0 Å². The molecule has 2 aliphatic rings. The Hall–Kier alpha value is -2.21. The van der Waals surface area contributed by atoms with Crippen molar-refractivity contribution in [2.45, 2.75) is 6.10 Å². The van der Waals surface area contributed by atoms with E-state index in [0.29, 0.717) is 0 Å². The van der Waals surface area contributed by atoms with E-state index < -0.39 is 6.10 Å². The Balaban J connectivity index is 1.44. The molecule has 0 unspecified atom stereocenters. The maximum atomic E-state index is 10.2. The topological polar surface area (TPSA) is 62.9 Å². The SMILES string of the molecule is O[C@@H](CON=C1c2ccccc2-c2ccccc21)C[NH+]1CC[NH2+]CC1. The molecule has 130 valence electrons. The average molecular weight is 339 g/mol. The lowest BCUT2D eigenvalue weighted by molar-refractivity contribution is -0.949. The minimum absolute atomic E-state index is 0.237. The molecule has 1 aliphatic carbocycles. The number of quaternary nitrogens is 2. The van der Waals surface area contributed by atoms with E-state index in [2.05, 4.69) is 34.7 Å². The van der Waals surface area contributed by atoms with Gasteiger partial charge in [-0.2, -0.15) is 0 Å². The number of rotatable bonds is 5. The van der Waals surface area contributed by atoms with Crippen molar-refractivity contribution in [2.24, 2.45) is 5.16 Å². The number of hydrogen-bond acceptors (Lipinski definition) is 3. The molecule has 0 bridgehead atoms. The second-order valence-electron chi connectivity index (χ2n) is 6.80. The fourth-order valence-corrected chi connectivity index (χ4v) is 3.76. The van der Waals surface area contributed by atoms with Crippen LogP contribution >= 0.6 is 0 Å². The van der Waals surface area contributed by atoms with Crippen molar-refractivity contribution in [1.82, 2.24) is 0 Å². The van der Waals surface area contributed by atoms with Crippen LogP contribution in [0.3, 0.4) is 0 Å². The predicted octanol–water partition coefficient (Wildman–Crippen LogP) is -0.741. The number of nitrogens with zero attached hydrogens (tertiary/aromatic N) is 1. The zero-order chi connectivity index (χ0) is 17.1. The van der Waals surface area contributed by atoms with Crippen molar-refractivity contribution in [1.29, 1.82) is 0 Å². The standard InChI is InChI=1S/C20H23N3O2/c24-15(13-23-11-9-21-10-12-23)14-25-22-20-18-7-3-1-5-16(18)17-6-2-4-8-19(17)20/h1-8,15,21,24H,9-14H2/p+2/t15-/m1/s1. The fraction of sp³-hybridized carbons (Fsp3) is 0.350. The van der Waals surface area contributed by atoms with Gasteiger partial charge in [0.1, 0.15) is 51.1 Å². The average Bonchev–Trinajstić information content (AvgIpc) is 2.97. The van der Waals surface area contributed by atoms with Crippen LogP contribution in [0.4, 0.5) is 0 Å². The van der Waals surface area contributed by atoms with Crippen molar-refractivity contribution >= 4 is 5.71 Å². The Morgan fingerprint density at radius 1 is 0.960 bits per heavy atom. The van der Waals surface area contributed by atoms with Crippen LogP contribution in [0.25, 0.3) is 11.1 Å². The first-order valence-corrected chi connectivity index (χ1v) is 9.05. The van der Waals surface area contributed by atoms with Gasteiger partial charge in [-0.1, -0.05) is 53.7 Å². The third-order valence-electron chi connectivity index (χ3n) is 5.01. The van der Waals surface area contributed by atoms with E-state index in [1.807, 2.05) is 24.3 Å². The van der Waals surface area contributed by atoms with E-state index in [9.17, 15) is 5.11 Å². The van der Waals surface area contributed by atoms with Crippen LogP contribution in [0.2, 0.25) is 0 Å². The first-order valence-electron chi connectivity index (χ1n) is 9.05. The summed E-state index contributed by atoms with van der Waals surface area (Å²) in [6.45, 7) is 5.45. The van der Waals surface area contributed by atoms with Crippen molar-refractivity contribution in [2.75, 3.05) is 39.3 Å². The molecular weight excluding hydrogens is 314 g/mol. The van der Waals surface area contributed by atoms with E-state index in [0.717, 1.165) is 49.6 Å². The number of piperazine rings is 1. The van der Waals surface area contributed by atoms with Crippen LogP contribution in [0.1, 0.15) is 11.1 Å². The molecule has 0 aromatic heterocycles. The molecule has 0 spiro atoms. The molecule has 0 saturated carbocycles. The lowest BCUT2D eigenvalue weighted by atomic mass is 10.1. The van der Waals surface area contributed by atoms with Gasteiger partial charge in [-0.15, -0.1) is 0 Å². The summed E-state index contributed by atoms with van der Waals surface area (Å²) in [7, 11) is 0.